The van der Waals surface area contributed by atoms with Crippen LogP contribution in [0.5, 0.6) is 0 Å². The maximum atomic E-state index is 12.1. The summed E-state index contributed by atoms with van der Waals surface area (Å²) < 4.78 is 0. The highest BCUT2D eigenvalue weighted by Crippen LogP contribution is 2.20. The van der Waals surface area contributed by atoms with Gasteiger partial charge in [0.2, 0.25) is 5.91 Å². The van der Waals surface area contributed by atoms with Crippen LogP contribution >= 0.6 is 11.8 Å². The van der Waals surface area contributed by atoms with Crippen LogP contribution in [-0.4, -0.2) is 24.7 Å². The van der Waals surface area contributed by atoms with Gasteiger partial charge in [0.1, 0.15) is 0 Å². The summed E-state index contributed by atoms with van der Waals surface area (Å²) in [4.78, 5) is 13.3. The molecular weight excluding hydrogens is 244 g/mol. The Labute approximate surface area is 113 Å². The number of carbonyl (C=O) groups excluding carboxylic acids is 1. The molecule has 0 saturated carbocycles. The Morgan fingerprint density at radius 2 is 2.33 bits per heavy atom. The predicted octanol–water partition coefficient (Wildman–Crippen LogP) is 2.74. The quantitative estimate of drug-likeness (QED) is 0.825. The van der Waals surface area contributed by atoms with Gasteiger partial charge in [0.05, 0.1) is 6.04 Å². The van der Waals surface area contributed by atoms with Crippen LogP contribution in [0.2, 0.25) is 0 Å². The van der Waals surface area contributed by atoms with Gasteiger partial charge in [-0.15, -0.1) is 11.8 Å². The SMILES string of the molecule is CSc1cccc(NC(=O)C2CC(C)CCN2)c1. The van der Waals surface area contributed by atoms with E-state index < -0.39 is 0 Å². The number of benzene rings is 1. The third-order valence-corrected chi connectivity index (χ3v) is 4.05. The van der Waals surface area contributed by atoms with E-state index in [0.29, 0.717) is 5.92 Å². The lowest BCUT2D eigenvalue weighted by Crippen LogP contribution is -2.45. The van der Waals surface area contributed by atoms with Crippen molar-refractivity contribution < 1.29 is 4.79 Å². The molecule has 1 aliphatic heterocycles. The van der Waals surface area contributed by atoms with Gasteiger partial charge in [-0.1, -0.05) is 13.0 Å². The largest absolute Gasteiger partial charge is 0.325 e. The molecule has 3 nitrogen and oxygen atoms in total. The molecule has 1 saturated heterocycles. The van der Waals surface area contributed by atoms with Crippen molar-refractivity contribution in [1.29, 1.82) is 0 Å². The Morgan fingerprint density at radius 1 is 1.50 bits per heavy atom. The fraction of sp³-hybridized carbons (Fsp3) is 0.500. The molecule has 18 heavy (non-hydrogen) atoms. The van der Waals surface area contributed by atoms with Crippen molar-refractivity contribution in [2.24, 2.45) is 5.92 Å². The highest BCUT2D eigenvalue weighted by molar-refractivity contribution is 7.98. The van der Waals surface area contributed by atoms with Gasteiger partial charge in [0.25, 0.3) is 0 Å². The van der Waals surface area contributed by atoms with Crippen molar-refractivity contribution in [2.45, 2.75) is 30.7 Å². The van der Waals surface area contributed by atoms with Crippen molar-refractivity contribution in [3.05, 3.63) is 24.3 Å². The second-order valence-electron chi connectivity index (χ2n) is 4.86. The van der Waals surface area contributed by atoms with Gasteiger partial charge in [-0.25, -0.2) is 0 Å². The Kier molecular flexibility index (Phi) is 4.66. The monoisotopic (exact) mass is 264 g/mol. The summed E-state index contributed by atoms with van der Waals surface area (Å²) in [6, 6.07) is 7.91. The first-order chi connectivity index (χ1) is 8.69. The van der Waals surface area contributed by atoms with E-state index in [0.717, 1.165) is 30.0 Å². The summed E-state index contributed by atoms with van der Waals surface area (Å²) >= 11 is 1.68. The van der Waals surface area contributed by atoms with Crippen LogP contribution in [0.4, 0.5) is 5.69 Å². The molecule has 98 valence electrons. The second-order valence-corrected chi connectivity index (χ2v) is 5.74. The molecule has 0 bridgehead atoms. The van der Waals surface area contributed by atoms with E-state index in [1.807, 2.05) is 30.5 Å². The molecule has 0 aromatic heterocycles. The number of hydrogen-bond acceptors (Lipinski definition) is 3. The number of hydrogen-bond donors (Lipinski definition) is 2. The number of anilines is 1. The Hall–Kier alpha value is -1.00. The lowest BCUT2D eigenvalue weighted by atomic mass is 9.94. The van der Waals surface area contributed by atoms with E-state index in [1.54, 1.807) is 11.8 Å². The third kappa shape index (κ3) is 3.50. The minimum absolute atomic E-state index is 0.0494. The number of piperidine rings is 1. The van der Waals surface area contributed by atoms with Gasteiger partial charge in [-0.2, -0.15) is 0 Å². The Morgan fingerprint density at radius 3 is 3.06 bits per heavy atom. The normalized spacial score (nSPS) is 23.7. The molecule has 2 unspecified atom stereocenters. The molecule has 4 heteroatoms. The van der Waals surface area contributed by atoms with E-state index in [9.17, 15) is 4.79 Å². The summed E-state index contributed by atoms with van der Waals surface area (Å²) in [6.07, 6.45) is 4.12. The zero-order valence-electron chi connectivity index (χ0n) is 10.9. The lowest BCUT2D eigenvalue weighted by molar-refractivity contribution is -0.119. The highest BCUT2D eigenvalue weighted by atomic mass is 32.2. The topological polar surface area (TPSA) is 41.1 Å². The molecule has 1 fully saturated rings. The van der Waals surface area contributed by atoms with Crippen LogP contribution in [0, 0.1) is 5.92 Å². The molecule has 2 N–H and O–H groups in total. The molecule has 2 rings (SSSR count). The molecule has 1 aromatic rings. The number of amides is 1. The first-order valence-corrected chi connectivity index (χ1v) is 7.60. The van der Waals surface area contributed by atoms with Crippen LogP contribution in [0.15, 0.2) is 29.2 Å². The standard InChI is InChI=1S/C14H20N2OS/c1-10-6-7-15-13(8-10)14(17)16-11-4-3-5-12(9-11)18-2/h3-5,9-10,13,15H,6-8H2,1-2H3,(H,16,17). The van der Waals surface area contributed by atoms with E-state index in [1.165, 1.54) is 0 Å². The Balaban J connectivity index is 1.97. The van der Waals surface area contributed by atoms with Gasteiger partial charge in [-0.05, 0) is 49.8 Å². The van der Waals surface area contributed by atoms with Gasteiger partial charge >= 0.3 is 0 Å². The maximum Gasteiger partial charge on any atom is 0.241 e. The fourth-order valence-corrected chi connectivity index (χ4v) is 2.70. The first-order valence-electron chi connectivity index (χ1n) is 6.37. The summed E-state index contributed by atoms with van der Waals surface area (Å²) in [6.45, 7) is 3.14. The lowest BCUT2D eigenvalue weighted by Gasteiger charge is -2.27. The number of rotatable bonds is 3. The van der Waals surface area contributed by atoms with Gasteiger partial charge < -0.3 is 10.6 Å². The smallest absolute Gasteiger partial charge is 0.241 e. The summed E-state index contributed by atoms with van der Waals surface area (Å²) in [5.74, 6) is 0.708. The minimum atomic E-state index is -0.0494. The molecule has 0 spiro atoms. The molecule has 0 radical (unpaired) electrons. The Bertz CT molecular complexity index is 422. The van der Waals surface area contributed by atoms with Gasteiger partial charge in [0.15, 0.2) is 0 Å². The zero-order valence-corrected chi connectivity index (χ0v) is 11.7. The molecule has 1 heterocycles. The summed E-state index contributed by atoms with van der Waals surface area (Å²) in [5.41, 5.74) is 0.881. The second kappa shape index (κ2) is 6.25. The zero-order chi connectivity index (χ0) is 13.0. The van der Waals surface area contributed by atoms with Crippen molar-refractivity contribution in [2.75, 3.05) is 18.1 Å². The molecule has 2 atom stereocenters. The average Bonchev–Trinajstić information content (AvgIpc) is 2.39. The minimum Gasteiger partial charge on any atom is -0.325 e. The number of carbonyl (C=O) groups is 1. The molecule has 1 aromatic carbocycles. The average molecular weight is 264 g/mol. The van der Waals surface area contributed by atoms with Crippen LogP contribution in [0.1, 0.15) is 19.8 Å². The van der Waals surface area contributed by atoms with Crippen molar-refractivity contribution in [1.82, 2.24) is 5.32 Å². The van der Waals surface area contributed by atoms with E-state index in [2.05, 4.69) is 17.6 Å². The van der Waals surface area contributed by atoms with Gasteiger partial charge in [-0.3, -0.25) is 4.79 Å². The van der Waals surface area contributed by atoms with Gasteiger partial charge in [0, 0.05) is 10.6 Å². The van der Waals surface area contributed by atoms with Crippen LogP contribution in [-0.2, 0) is 4.79 Å². The van der Waals surface area contributed by atoms with Crippen molar-refractivity contribution >= 4 is 23.4 Å². The van der Waals surface area contributed by atoms with Crippen LogP contribution in [0.3, 0.4) is 0 Å². The fourth-order valence-electron chi connectivity index (χ4n) is 2.24. The molecule has 1 aliphatic rings. The predicted molar refractivity (Wildman–Crippen MR) is 77.0 cm³/mol. The number of thioether (sulfide) groups is 1. The molecule has 0 aliphatic carbocycles. The van der Waals surface area contributed by atoms with Crippen molar-refractivity contribution in [3.63, 3.8) is 0 Å². The first kappa shape index (κ1) is 13.4. The maximum absolute atomic E-state index is 12.1. The van der Waals surface area contributed by atoms with E-state index >= 15 is 0 Å². The van der Waals surface area contributed by atoms with E-state index in [-0.39, 0.29) is 11.9 Å². The third-order valence-electron chi connectivity index (χ3n) is 3.32. The van der Waals surface area contributed by atoms with Crippen LogP contribution in [0.25, 0.3) is 0 Å². The summed E-state index contributed by atoms with van der Waals surface area (Å²) in [7, 11) is 0. The van der Waals surface area contributed by atoms with E-state index in [4.69, 9.17) is 0 Å². The summed E-state index contributed by atoms with van der Waals surface area (Å²) in [5, 5.41) is 6.27. The van der Waals surface area contributed by atoms with Crippen molar-refractivity contribution in [3.8, 4) is 0 Å². The van der Waals surface area contributed by atoms with Crippen LogP contribution < -0.4 is 10.6 Å². The highest BCUT2D eigenvalue weighted by Gasteiger charge is 2.24. The molecule has 1 amide bonds. The number of nitrogens with one attached hydrogen (secondary N) is 2. The molecular formula is C14H20N2OS.